The molecule has 0 aromatic carbocycles. The molecular formula is C12H20BrNS. The molecule has 1 nitrogen and oxygen atoms in total. The zero-order chi connectivity index (χ0) is 11.3. The van der Waals surface area contributed by atoms with Crippen molar-refractivity contribution in [2.75, 3.05) is 6.54 Å². The highest BCUT2D eigenvalue weighted by Crippen LogP contribution is 2.22. The van der Waals surface area contributed by atoms with Crippen LogP contribution in [0.25, 0.3) is 0 Å². The molecule has 0 bridgehead atoms. The number of rotatable bonds is 6. The first kappa shape index (κ1) is 13.2. The van der Waals surface area contributed by atoms with Gasteiger partial charge in [-0.2, -0.15) is 0 Å². The quantitative estimate of drug-likeness (QED) is 0.832. The Labute approximate surface area is 105 Å². The maximum Gasteiger partial charge on any atom is 0.0285 e. The molecule has 0 radical (unpaired) electrons. The molecule has 1 heterocycles. The topological polar surface area (TPSA) is 12.0 Å². The van der Waals surface area contributed by atoms with E-state index in [1.54, 1.807) is 0 Å². The second-order valence-corrected chi connectivity index (χ2v) is 6.35. The summed E-state index contributed by atoms with van der Waals surface area (Å²) in [4.78, 5) is 1.48. The molecule has 3 heteroatoms. The Balaban J connectivity index is 2.19. The molecule has 1 atom stereocenters. The highest BCUT2D eigenvalue weighted by atomic mass is 79.9. The number of thiophene rings is 1. The van der Waals surface area contributed by atoms with Gasteiger partial charge in [0.25, 0.3) is 0 Å². The van der Waals surface area contributed by atoms with Crippen LogP contribution in [0.4, 0.5) is 0 Å². The normalized spacial score (nSPS) is 13.4. The second kappa shape index (κ2) is 6.66. The maximum absolute atomic E-state index is 3.49. The van der Waals surface area contributed by atoms with Gasteiger partial charge in [-0.25, -0.2) is 0 Å². The Morgan fingerprint density at radius 2 is 2.13 bits per heavy atom. The minimum absolute atomic E-state index is 0.600. The van der Waals surface area contributed by atoms with Crippen LogP contribution in [0.2, 0.25) is 0 Å². The average Bonchev–Trinajstić information content (AvgIpc) is 2.58. The van der Waals surface area contributed by atoms with Crippen LogP contribution in [0.5, 0.6) is 0 Å². The molecule has 86 valence electrons. The third-order valence-electron chi connectivity index (χ3n) is 2.38. The number of aryl methyl sites for hydroxylation is 1. The third kappa shape index (κ3) is 5.69. The average molecular weight is 290 g/mol. The summed E-state index contributed by atoms with van der Waals surface area (Å²) in [5.74, 6) is 0.758. The van der Waals surface area contributed by atoms with E-state index in [4.69, 9.17) is 0 Å². The van der Waals surface area contributed by atoms with E-state index in [0.717, 1.165) is 12.5 Å². The summed E-state index contributed by atoms with van der Waals surface area (Å²) in [5, 5.41) is 5.64. The predicted molar refractivity (Wildman–Crippen MR) is 72.6 cm³/mol. The van der Waals surface area contributed by atoms with E-state index in [2.05, 4.69) is 53.5 Å². The highest BCUT2D eigenvalue weighted by Gasteiger charge is 2.04. The van der Waals surface area contributed by atoms with Gasteiger partial charge in [0.1, 0.15) is 0 Å². The zero-order valence-corrected chi connectivity index (χ0v) is 12.1. The van der Waals surface area contributed by atoms with Crippen molar-refractivity contribution in [3.05, 3.63) is 20.8 Å². The molecule has 0 aliphatic carbocycles. The van der Waals surface area contributed by atoms with Crippen molar-refractivity contribution in [2.24, 2.45) is 5.92 Å². The van der Waals surface area contributed by atoms with Gasteiger partial charge in [-0.1, -0.05) is 20.8 Å². The standard InChI is InChI=1S/C12H20BrNS/c1-9(2)14-7-10(3)4-5-12-6-11(13)8-15-12/h6,8-10,14H,4-5,7H2,1-3H3. The van der Waals surface area contributed by atoms with Gasteiger partial charge in [-0.05, 0) is 47.3 Å². The van der Waals surface area contributed by atoms with Crippen molar-refractivity contribution < 1.29 is 0 Å². The molecule has 1 N–H and O–H groups in total. The van der Waals surface area contributed by atoms with Crippen LogP contribution in [-0.4, -0.2) is 12.6 Å². The number of nitrogens with one attached hydrogen (secondary N) is 1. The third-order valence-corrected chi connectivity index (χ3v) is 4.14. The van der Waals surface area contributed by atoms with Gasteiger partial charge in [0.05, 0.1) is 0 Å². The Kier molecular flexibility index (Phi) is 5.87. The van der Waals surface area contributed by atoms with Crippen LogP contribution in [0.15, 0.2) is 15.9 Å². The van der Waals surface area contributed by atoms with E-state index in [9.17, 15) is 0 Å². The SMILES string of the molecule is CC(CCc1cc(Br)cs1)CNC(C)C. The van der Waals surface area contributed by atoms with Crippen molar-refractivity contribution in [1.82, 2.24) is 5.32 Å². The summed E-state index contributed by atoms with van der Waals surface area (Å²) in [6.07, 6.45) is 2.48. The molecule has 1 rings (SSSR count). The number of hydrogen-bond donors (Lipinski definition) is 1. The minimum atomic E-state index is 0.600. The van der Waals surface area contributed by atoms with Gasteiger partial charge in [0, 0.05) is 20.8 Å². The molecule has 1 unspecified atom stereocenters. The molecule has 0 saturated heterocycles. The summed E-state index contributed by atoms with van der Waals surface area (Å²) in [5.41, 5.74) is 0. The van der Waals surface area contributed by atoms with E-state index in [0.29, 0.717) is 6.04 Å². The fourth-order valence-electron chi connectivity index (χ4n) is 1.41. The van der Waals surface area contributed by atoms with Crippen LogP contribution < -0.4 is 5.32 Å². The molecule has 1 aromatic rings. The second-order valence-electron chi connectivity index (χ2n) is 4.44. The fourth-order valence-corrected chi connectivity index (χ4v) is 2.88. The summed E-state index contributed by atoms with van der Waals surface area (Å²) < 4.78 is 1.22. The van der Waals surface area contributed by atoms with Crippen LogP contribution in [-0.2, 0) is 6.42 Å². The lowest BCUT2D eigenvalue weighted by molar-refractivity contribution is 0.455. The van der Waals surface area contributed by atoms with E-state index < -0.39 is 0 Å². The van der Waals surface area contributed by atoms with E-state index in [-0.39, 0.29) is 0 Å². The lowest BCUT2D eigenvalue weighted by Gasteiger charge is -2.14. The van der Waals surface area contributed by atoms with Crippen molar-refractivity contribution in [1.29, 1.82) is 0 Å². The molecule has 0 amide bonds. The van der Waals surface area contributed by atoms with Gasteiger partial charge >= 0.3 is 0 Å². The maximum atomic E-state index is 3.49. The lowest BCUT2D eigenvalue weighted by Crippen LogP contribution is -2.27. The van der Waals surface area contributed by atoms with Gasteiger partial charge in [-0.3, -0.25) is 0 Å². The lowest BCUT2D eigenvalue weighted by atomic mass is 10.0. The molecule has 0 aliphatic rings. The van der Waals surface area contributed by atoms with Gasteiger partial charge < -0.3 is 5.32 Å². The van der Waals surface area contributed by atoms with Crippen LogP contribution in [0.3, 0.4) is 0 Å². The van der Waals surface area contributed by atoms with Crippen LogP contribution >= 0.6 is 27.3 Å². The number of hydrogen-bond acceptors (Lipinski definition) is 2. The zero-order valence-electron chi connectivity index (χ0n) is 9.72. The Bertz CT molecular complexity index is 283. The van der Waals surface area contributed by atoms with Gasteiger partial charge in [0.2, 0.25) is 0 Å². The molecule has 0 fully saturated rings. The summed E-state index contributed by atoms with van der Waals surface area (Å²) in [6.45, 7) is 7.84. The largest absolute Gasteiger partial charge is 0.314 e. The monoisotopic (exact) mass is 289 g/mol. The fraction of sp³-hybridized carbons (Fsp3) is 0.667. The Morgan fingerprint density at radius 1 is 1.40 bits per heavy atom. The molecule has 0 saturated carbocycles. The van der Waals surface area contributed by atoms with Crippen LogP contribution in [0.1, 0.15) is 32.1 Å². The smallest absolute Gasteiger partial charge is 0.0285 e. The Hall–Kier alpha value is 0.140. The highest BCUT2D eigenvalue weighted by molar-refractivity contribution is 9.10. The number of halogens is 1. The van der Waals surface area contributed by atoms with Gasteiger partial charge in [-0.15, -0.1) is 11.3 Å². The van der Waals surface area contributed by atoms with E-state index >= 15 is 0 Å². The summed E-state index contributed by atoms with van der Waals surface area (Å²) in [7, 11) is 0. The van der Waals surface area contributed by atoms with Crippen molar-refractivity contribution in [3.8, 4) is 0 Å². The van der Waals surface area contributed by atoms with Crippen molar-refractivity contribution in [2.45, 2.75) is 39.7 Å². The summed E-state index contributed by atoms with van der Waals surface area (Å²) in [6, 6.07) is 2.83. The summed E-state index contributed by atoms with van der Waals surface area (Å²) >= 11 is 5.34. The van der Waals surface area contributed by atoms with Gasteiger partial charge in [0.15, 0.2) is 0 Å². The Morgan fingerprint density at radius 3 is 2.67 bits per heavy atom. The molecule has 0 spiro atoms. The molecule has 0 aliphatic heterocycles. The molecular weight excluding hydrogens is 270 g/mol. The predicted octanol–water partition coefficient (Wildman–Crippen LogP) is 4.08. The van der Waals surface area contributed by atoms with Crippen molar-refractivity contribution >= 4 is 27.3 Å². The molecule has 15 heavy (non-hydrogen) atoms. The minimum Gasteiger partial charge on any atom is -0.314 e. The first-order valence-electron chi connectivity index (χ1n) is 5.54. The first-order valence-corrected chi connectivity index (χ1v) is 7.21. The van der Waals surface area contributed by atoms with E-state index in [1.807, 2.05) is 11.3 Å². The van der Waals surface area contributed by atoms with E-state index in [1.165, 1.54) is 22.2 Å². The molecule has 1 aromatic heterocycles. The first-order chi connectivity index (χ1) is 7.08. The van der Waals surface area contributed by atoms with Crippen molar-refractivity contribution in [3.63, 3.8) is 0 Å². The van der Waals surface area contributed by atoms with Crippen LogP contribution in [0, 0.1) is 5.92 Å².